The Morgan fingerprint density at radius 3 is 2.71 bits per heavy atom. The van der Waals surface area contributed by atoms with Crippen LogP contribution in [0.25, 0.3) is 5.69 Å². The lowest BCUT2D eigenvalue weighted by Gasteiger charge is -2.29. The van der Waals surface area contributed by atoms with Gasteiger partial charge in [0.1, 0.15) is 18.0 Å². The molecule has 1 aromatic heterocycles. The van der Waals surface area contributed by atoms with Crippen molar-refractivity contribution in [2.45, 2.75) is 64.1 Å². The van der Waals surface area contributed by atoms with Gasteiger partial charge in [0.15, 0.2) is 5.82 Å². The van der Waals surface area contributed by atoms with E-state index in [1.165, 1.54) is 22.9 Å². The zero-order valence-electron chi connectivity index (χ0n) is 23.2. The van der Waals surface area contributed by atoms with Gasteiger partial charge in [-0.15, -0.1) is 0 Å². The fraction of sp³-hybridized carbons (Fsp3) is 0.333. The molecule has 1 amide bonds. The Balaban J connectivity index is 1.13. The number of hydrogen-bond donors (Lipinski definition) is 2. The number of rotatable bonds is 9. The van der Waals surface area contributed by atoms with Crippen molar-refractivity contribution >= 4 is 17.4 Å². The number of benzene rings is 3. The van der Waals surface area contributed by atoms with Crippen molar-refractivity contribution < 1.29 is 13.6 Å². The number of para-hydroxylation sites is 2. The van der Waals surface area contributed by atoms with Crippen LogP contribution in [-0.4, -0.2) is 34.1 Å². The topological polar surface area (TPSA) is 62.2 Å². The Kier molecular flexibility index (Phi) is 7.83. The van der Waals surface area contributed by atoms with Crippen LogP contribution in [0.1, 0.15) is 48.4 Å². The Hall–Kier alpha value is -4.04. The molecule has 1 unspecified atom stereocenters. The number of fused-ring (bicyclic) bond motifs is 2. The molecule has 0 saturated carbocycles. The fourth-order valence-corrected chi connectivity index (χ4v) is 6.20. The highest BCUT2D eigenvalue weighted by Gasteiger charge is 2.27. The van der Waals surface area contributed by atoms with Crippen molar-refractivity contribution in [3.63, 3.8) is 0 Å². The summed E-state index contributed by atoms with van der Waals surface area (Å²) in [6.07, 6.45) is 7.81. The first-order valence-electron chi connectivity index (χ1n) is 14.5. The van der Waals surface area contributed by atoms with Crippen LogP contribution < -0.4 is 15.5 Å². The quantitative estimate of drug-likeness (QED) is 0.267. The summed E-state index contributed by atoms with van der Waals surface area (Å²) in [6.45, 7) is 3.80. The van der Waals surface area contributed by atoms with E-state index < -0.39 is 17.7 Å². The molecule has 4 aromatic rings. The van der Waals surface area contributed by atoms with Gasteiger partial charge in [-0.25, -0.2) is 13.8 Å². The number of halogens is 2. The number of aryl methyl sites for hydroxylation is 1. The van der Waals surface area contributed by atoms with Gasteiger partial charge < -0.3 is 20.1 Å². The van der Waals surface area contributed by atoms with Gasteiger partial charge in [-0.2, -0.15) is 0 Å². The standard InChI is InChI=1S/C33H35F2N5O/c1-2-7-29(37-26-13-12-23-16-25(34)17-28(35)27(23)18-26)33(41)38-32-20-40(21-36-32)31-11-6-4-9-24(31)19-39-15-14-22-8-3-5-10-30(22)39/h3-6,8-11,16-17,20-21,26,29,37H,2,7,12-15,18-19H2,1H3,(H,38,41)/t26-,29?/m0/s1. The predicted octanol–water partition coefficient (Wildman–Crippen LogP) is 5.97. The Labute approximate surface area is 239 Å². The summed E-state index contributed by atoms with van der Waals surface area (Å²) in [5.74, 6) is -0.735. The Bertz CT molecular complexity index is 1550. The molecule has 6 nitrogen and oxygen atoms in total. The molecule has 2 N–H and O–H groups in total. The van der Waals surface area contributed by atoms with Crippen LogP contribution in [0.2, 0.25) is 0 Å². The summed E-state index contributed by atoms with van der Waals surface area (Å²) >= 11 is 0. The van der Waals surface area contributed by atoms with Gasteiger partial charge in [0.2, 0.25) is 5.91 Å². The molecule has 1 aliphatic heterocycles. The molecule has 41 heavy (non-hydrogen) atoms. The normalized spacial score (nSPS) is 16.8. The molecule has 0 saturated heterocycles. The number of aromatic nitrogens is 2. The fourth-order valence-electron chi connectivity index (χ4n) is 6.20. The van der Waals surface area contributed by atoms with Crippen LogP contribution >= 0.6 is 0 Å². The third-order valence-corrected chi connectivity index (χ3v) is 8.24. The predicted molar refractivity (Wildman–Crippen MR) is 157 cm³/mol. The maximum absolute atomic E-state index is 14.4. The lowest BCUT2D eigenvalue weighted by molar-refractivity contribution is -0.118. The second-order valence-electron chi connectivity index (χ2n) is 11.1. The number of anilines is 2. The van der Waals surface area contributed by atoms with E-state index in [1.807, 2.05) is 29.8 Å². The minimum absolute atomic E-state index is 0.0649. The largest absolute Gasteiger partial charge is 0.367 e. The molecular weight excluding hydrogens is 520 g/mol. The molecule has 3 aromatic carbocycles. The number of imidazole rings is 1. The summed E-state index contributed by atoms with van der Waals surface area (Å²) in [7, 11) is 0. The third kappa shape index (κ3) is 5.88. The highest BCUT2D eigenvalue weighted by atomic mass is 19.1. The lowest BCUT2D eigenvalue weighted by atomic mass is 9.87. The van der Waals surface area contributed by atoms with E-state index >= 15 is 0 Å². The highest BCUT2D eigenvalue weighted by Crippen LogP contribution is 2.30. The van der Waals surface area contributed by atoms with Gasteiger partial charge in [-0.1, -0.05) is 49.7 Å². The van der Waals surface area contributed by atoms with E-state index in [-0.39, 0.29) is 11.9 Å². The molecule has 2 atom stereocenters. The van der Waals surface area contributed by atoms with E-state index in [4.69, 9.17) is 0 Å². The van der Waals surface area contributed by atoms with Crippen molar-refractivity contribution in [3.8, 4) is 5.69 Å². The molecule has 8 heteroatoms. The van der Waals surface area contributed by atoms with Crippen molar-refractivity contribution in [1.82, 2.24) is 14.9 Å². The number of carbonyl (C=O) groups excluding carboxylic acids is 1. The zero-order chi connectivity index (χ0) is 28.3. The van der Waals surface area contributed by atoms with Gasteiger partial charge in [-0.3, -0.25) is 4.79 Å². The van der Waals surface area contributed by atoms with E-state index in [0.29, 0.717) is 30.6 Å². The summed E-state index contributed by atoms with van der Waals surface area (Å²) < 4.78 is 30.0. The minimum atomic E-state index is -0.542. The van der Waals surface area contributed by atoms with Crippen LogP contribution in [0.5, 0.6) is 0 Å². The smallest absolute Gasteiger partial charge is 0.242 e. The van der Waals surface area contributed by atoms with E-state index in [2.05, 4.69) is 56.9 Å². The Morgan fingerprint density at radius 1 is 1.05 bits per heavy atom. The first-order valence-corrected chi connectivity index (χ1v) is 14.5. The molecule has 6 rings (SSSR count). The molecule has 0 fully saturated rings. The van der Waals surface area contributed by atoms with Crippen molar-refractivity contribution in [3.05, 3.63) is 107 Å². The SMILES string of the molecule is CCCC(N[C@H]1CCc2cc(F)cc(F)c2C1)C(=O)Nc1cn(-c2ccccc2CN2CCc3ccccc32)cn1. The van der Waals surface area contributed by atoms with Crippen LogP contribution in [0.15, 0.2) is 73.2 Å². The average Bonchev–Trinajstić information content (AvgIpc) is 3.60. The second kappa shape index (κ2) is 11.8. The van der Waals surface area contributed by atoms with Gasteiger partial charge in [0.05, 0.1) is 17.9 Å². The molecule has 212 valence electrons. The average molecular weight is 556 g/mol. The monoisotopic (exact) mass is 555 g/mol. The van der Waals surface area contributed by atoms with Crippen LogP contribution in [0, 0.1) is 11.6 Å². The molecule has 0 radical (unpaired) electrons. The summed E-state index contributed by atoms with van der Waals surface area (Å²) in [4.78, 5) is 20.2. The number of hydrogen-bond acceptors (Lipinski definition) is 4. The molecule has 2 heterocycles. The highest BCUT2D eigenvalue weighted by molar-refractivity contribution is 5.94. The number of nitrogens with zero attached hydrogens (tertiary/aromatic N) is 3. The third-order valence-electron chi connectivity index (χ3n) is 8.24. The number of carbonyl (C=O) groups is 1. The first-order chi connectivity index (χ1) is 20.0. The molecule has 2 aliphatic rings. The van der Waals surface area contributed by atoms with Gasteiger partial charge in [0, 0.05) is 30.9 Å². The summed E-state index contributed by atoms with van der Waals surface area (Å²) in [5, 5.41) is 6.43. The van der Waals surface area contributed by atoms with E-state index in [0.717, 1.165) is 49.7 Å². The maximum Gasteiger partial charge on any atom is 0.242 e. The van der Waals surface area contributed by atoms with Crippen LogP contribution in [0.4, 0.5) is 20.3 Å². The van der Waals surface area contributed by atoms with Gasteiger partial charge in [0.25, 0.3) is 0 Å². The number of nitrogens with one attached hydrogen (secondary N) is 2. The number of amides is 1. The van der Waals surface area contributed by atoms with Gasteiger partial charge >= 0.3 is 0 Å². The lowest BCUT2D eigenvalue weighted by Crippen LogP contribution is -2.48. The molecule has 0 bridgehead atoms. The Morgan fingerprint density at radius 2 is 1.85 bits per heavy atom. The summed E-state index contributed by atoms with van der Waals surface area (Å²) in [6, 6.07) is 18.7. The molecule has 0 spiro atoms. The van der Waals surface area contributed by atoms with E-state index in [9.17, 15) is 13.6 Å². The van der Waals surface area contributed by atoms with Crippen molar-refractivity contribution in [2.75, 3.05) is 16.8 Å². The minimum Gasteiger partial charge on any atom is -0.367 e. The maximum atomic E-state index is 14.4. The molecule has 1 aliphatic carbocycles. The second-order valence-corrected chi connectivity index (χ2v) is 11.1. The van der Waals surface area contributed by atoms with E-state index in [1.54, 1.807) is 6.33 Å². The summed E-state index contributed by atoms with van der Waals surface area (Å²) in [5.41, 5.74) is 6.12. The van der Waals surface area contributed by atoms with Crippen LogP contribution in [0.3, 0.4) is 0 Å². The zero-order valence-corrected chi connectivity index (χ0v) is 23.2. The first kappa shape index (κ1) is 27.1. The van der Waals surface area contributed by atoms with Gasteiger partial charge in [-0.05, 0) is 72.6 Å². The van der Waals surface area contributed by atoms with Crippen molar-refractivity contribution in [1.29, 1.82) is 0 Å². The molecular formula is C33H35F2N5O. The van der Waals surface area contributed by atoms with Crippen molar-refractivity contribution in [2.24, 2.45) is 0 Å². The van der Waals surface area contributed by atoms with Crippen LogP contribution in [-0.2, 0) is 30.6 Å².